The molecule has 0 radical (unpaired) electrons. The standard InChI is InChI=1S/2C16H12O4S2.Ni/c2*21-15(9-1-3-11-13(5-9)19-7-17-11)16(22)10-2-4-12-14(6-10)20-8-18-12;/h2*1-6,21-22H,7-8H2;/p-4/b2*16-15-;. The number of hydrogen-bond donors (Lipinski definition) is 0. The maximum atomic E-state index is 5.51. The van der Waals surface area contributed by atoms with E-state index < -0.39 is 0 Å². The average Bonchev–Trinajstić information content (AvgIpc) is 3.89. The zero-order valence-electron chi connectivity index (χ0n) is 23.0. The van der Waals surface area contributed by atoms with E-state index in [9.17, 15) is 0 Å². The van der Waals surface area contributed by atoms with Crippen molar-refractivity contribution in [2.24, 2.45) is 0 Å². The SMILES string of the molecule is [Ni].[S-]/C(=C(\[S-])c1ccc2c(c1)OCO2)c1ccc2c(c1)OCO2.[S-]/C(=C(\[S-])c1ccc2c(c1)OCO2)c1ccc2c(c1)OCO2. The molecule has 0 atom stereocenters. The Bertz CT molecular complexity index is 1580. The number of rotatable bonds is 4. The largest absolute Gasteiger partial charge is 0.780 e. The van der Waals surface area contributed by atoms with Crippen molar-refractivity contribution in [1.29, 1.82) is 0 Å². The summed E-state index contributed by atoms with van der Waals surface area (Å²) in [5.74, 6) is 5.64. The Morgan fingerprint density at radius 3 is 0.756 bits per heavy atom. The van der Waals surface area contributed by atoms with Gasteiger partial charge in [-0.15, -0.1) is 0 Å². The van der Waals surface area contributed by atoms with Crippen molar-refractivity contribution in [3.63, 3.8) is 0 Å². The number of ether oxygens (including phenoxy) is 8. The van der Waals surface area contributed by atoms with Gasteiger partial charge >= 0.3 is 0 Å². The second kappa shape index (κ2) is 13.2. The Balaban J connectivity index is 0.000000155. The van der Waals surface area contributed by atoms with Crippen molar-refractivity contribution in [2.45, 2.75) is 0 Å². The molecule has 4 aliphatic heterocycles. The normalized spacial score (nSPS) is 15.3. The van der Waals surface area contributed by atoms with Crippen molar-refractivity contribution in [1.82, 2.24) is 0 Å². The monoisotopic (exact) mass is 718 g/mol. The summed E-state index contributed by atoms with van der Waals surface area (Å²) in [5.41, 5.74) is 3.34. The minimum atomic E-state index is 0. The summed E-state index contributed by atoms with van der Waals surface area (Å²) >= 11 is 22.1. The zero-order valence-corrected chi connectivity index (χ0v) is 27.2. The molecule has 45 heavy (non-hydrogen) atoms. The van der Waals surface area contributed by atoms with Crippen LogP contribution in [-0.2, 0) is 67.0 Å². The van der Waals surface area contributed by atoms with Gasteiger partial charge in [0, 0.05) is 16.5 Å². The van der Waals surface area contributed by atoms with Gasteiger partial charge in [-0.3, -0.25) is 0 Å². The van der Waals surface area contributed by atoms with Crippen molar-refractivity contribution < 1.29 is 54.4 Å². The summed E-state index contributed by atoms with van der Waals surface area (Å²) < 4.78 is 42.7. The number of benzene rings is 4. The molecule has 8 rings (SSSR count). The van der Waals surface area contributed by atoms with Gasteiger partial charge in [0.1, 0.15) is 0 Å². The third-order valence-electron chi connectivity index (χ3n) is 6.95. The Morgan fingerprint density at radius 1 is 0.333 bits per heavy atom. The minimum Gasteiger partial charge on any atom is -0.780 e. The molecule has 0 saturated carbocycles. The van der Waals surface area contributed by atoms with Crippen LogP contribution in [0.4, 0.5) is 0 Å². The van der Waals surface area contributed by atoms with Gasteiger partial charge in [0.15, 0.2) is 46.0 Å². The molecule has 0 aliphatic carbocycles. The molecule has 234 valence electrons. The Hall–Kier alpha value is -3.87. The minimum absolute atomic E-state index is 0. The molecule has 0 fully saturated rings. The molecule has 0 bridgehead atoms. The zero-order chi connectivity index (χ0) is 30.2. The van der Waals surface area contributed by atoms with Gasteiger partial charge < -0.3 is 88.4 Å². The van der Waals surface area contributed by atoms with Crippen molar-refractivity contribution in [3.8, 4) is 46.0 Å². The molecule has 4 heterocycles. The van der Waals surface area contributed by atoms with Crippen LogP contribution in [0.25, 0.3) is 19.6 Å². The summed E-state index contributed by atoms with van der Waals surface area (Å²) in [5, 5.41) is 0. The molecule has 4 aromatic carbocycles. The summed E-state index contributed by atoms with van der Waals surface area (Å²) in [6.45, 7) is 0.937. The summed E-state index contributed by atoms with van der Waals surface area (Å²) in [6, 6.07) is 22.3. The van der Waals surface area contributed by atoms with E-state index in [1.54, 1.807) is 0 Å². The maximum Gasteiger partial charge on any atom is 0.231 e. The van der Waals surface area contributed by atoms with Crippen LogP contribution in [0.3, 0.4) is 0 Å². The van der Waals surface area contributed by atoms with E-state index in [0.717, 1.165) is 45.3 Å². The Kier molecular flexibility index (Phi) is 9.16. The second-order valence-electron chi connectivity index (χ2n) is 9.59. The molecule has 8 nitrogen and oxygen atoms in total. The van der Waals surface area contributed by atoms with Crippen LogP contribution in [0.5, 0.6) is 46.0 Å². The van der Waals surface area contributed by atoms with E-state index in [-0.39, 0.29) is 43.7 Å². The van der Waals surface area contributed by atoms with Gasteiger partial charge in [0.2, 0.25) is 27.2 Å². The maximum absolute atomic E-state index is 5.51. The molecule has 0 unspecified atom stereocenters. The average molecular weight is 719 g/mol. The van der Waals surface area contributed by atoms with E-state index in [4.69, 9.17) is 88.4 Å². The molecular formula is C32H20NiO8S4-4. The van der Waals surface area contributed by atoms with Crippen LogP contribution in [0.2, 0.25) is 0 Å². The molecule has 0 amide bonds. The first kappa shape index (κ1) is 31.1. The van der Waals surface area contributed by atoms with E-state index in [1.165, 1.54) is 0 Å². The van der Waals surface area contributed by atoms with Crippen molar-refractivity contribution >= 4 is 70.1 Å². The predicted molar refractivity (Wildman–Crippen MR) is 173 cm³/mol. The van der Waals surface area contributed by atoms with Gasteiger partial charge in [-0.05, 0) is 70.8 Å². The molecule has 0 spiro atoms. The third-order valence-corrected chi connectivity index (χ3v) is 8.97. The van der Waals surface area contributed by atoms with E-state index in [2.05, 4.69) is 0 Å². The molecule has 4 aliphatic rings. The van der Waals surface area contributed by atoms with Crippen molar-refractivity contribution in [3.05, 3.63) is 95.1 Å². The van der Waals surface area contributed by atoms with Crippen LogP contribution in [0, 0.1) is 0 Å². The number of fused-ring (bicyclic) bond motifs is 4. The molecular weight excluding hydrogens is 699 g/mol. The van der Waals surface area contributed by atoms with Crippen LogP contribution in [0.1, 0.15) is 22.3 Å². The molecule has 0 saturated heterocycles. The van der Waals surface area contributed by atoms with Crippen LogP contribution in [0.15, 0.2) is 72.8 Å². The Morgan fingerprint density at radius 2 is 0.533 bits per heavy atom. The topological polar surface area (TPSA) is 73.8 Å². The first-order valence-electron chi connectivity index (χ1n) is 13.2. The summed E-state index contributed by atoms with van der Waals surface area (Å²) in [7, 11) is 0. The van der Waals surface area contributed by atoms with E-state index >= 15 is 0 Å². The third kappa shape index (κ3) is 6.31. The summed E-state index contributed by atoms with van der Waals surface area (Å²) in [6.07, 6.45) is 0. The quantitative estimate of drug-likeness (QED) is 0.139. The van der Waals surface area contributed by atoms with Gasteiger partial charge in [-0.2, -0.15) is 19.6 Å². The van der Waals surface area contributed by atoms with E-state index in [1.807, 2.05) is 72.8 Å². The fourth-order valence-corrected chi connectivity index (χ4v) is 5.65. The van der Waals surface area contributed by atoms with E-state index in [0.29, 0.717) is 42.6 Å². The first-order chi connectivity index (χ1) is 21.4. The van der Waals surface area contributed by atoms with Crippen LogP contribution < -0.4 is 37.9 Å². The van der Waals surface area contributed by atoms with Gasteiger partial charge in [0.25, 0.3) is 0 Å². The number of hydrogen-bond acceptors (Lipinski definition) is 12. The second-order valence-corrected chi connectivity index (χ2v) is 11.2. The predicted octanol–water partition coefficient (Wildman–Crippen LogP) is 6.12. The summed E-state index contributed by atoms with van der Waals surface area (Å²) in [4.78, 5) is 2.36. The van der Waals surface area contributed by atoms with Gasteiger partial charge in [-0.25, -0.2) is 0 Å². The fourth-order valence-electron chi connectivity index (χ4n) is 4.68. The molecule has 0 aromatic heterocycles. The van der Waals surface area contributed by atoms with Crippen LogP contribution >= 0.6 is 0 Å². The fraction of sp³-hybridized carbons (Fsp3) is 0.125. The first-order valence-corrected chi connectivity index (χ1v) is 14.8. The molecule has 4 aromatic rings. The van der Waals surface area contributed by atoms with Crippen molar-refractivity contribution in [2.75, 3.05) is 27.2 Å². The Labute approximate surface area is 291 Å². The molecule has 13 heteroatoms. The van der Waals surface area contributed by atoms with Crippen LogP contribution in [-0.4, -0.2) is 27.2 Å². The van der Waals surface area contributed by atoms with Gasteiger partial charge in [-0.1, -0.05) is 24.3 Å². The van der Waals surface area contributed by atoms with Gasteiger partial charge in [0.05, 0.1) is 0 Å². The smallest absolute Gasteiger partial charge is 0.231 e. The molecule has 0 N–H and O–H groups in total.